The van der Waals surface area contributed by atoms with Crippen LogP contribution in [0.5, 0.6) is 0 Å². The minimum absolute atomic E-state index is 0. The van der Waals surface area contributed by atoms with E-state index in [2.05, 4.69) is 83.5 Å². The van der Waals surface area contributed by atoms with Crippen LogP contribution in [-0.4, -0.2) is 172 Å². The normalized spacial score (nSPS) is 11.8. The van der Waals surface area contributed by atoms with Crippen molar-refractivity contribution in [3.05, 3.63) is 105 Å². The monoisotopic (exact) mass is 1720 g/mol. The molecule has 582 valence electrons. The maximum atomic E-state index is 11.0. The summed E-state index contributed by atoms with van der Waals surface area (Å²) in [4.78, 5) is 64.0. The summed E-state index contributed by atoms with van der Waals surface area (Å²) in [7, 11) is 15.0. The molecule has 8 aromatic heterocycles. The van der Waals surface area contributed by atoms with Crippen LogP contribution in [-0.2, 0) is 61.1 Å². The number of carbonyl (C=O) groups is 3. The van der Waals surface area contributed by atoms with Gasteiger partial charge in [-0.25, -0.2) is 29.9 Å². The molecular weight excluding hydrogens is 1610 g/mol. The van der Waals surface area contributed by atoms with Crippen LogP contribution < -0.4 is 0 Å². The van der Waals surface area contributed by atoms with Crippen LogP contribution in [0.2, 0.25) is 0 Å². The van der Waals surface area contributed by atoms with Crippen molar-refractivity contribution < 1.29 is 39.5 Å². The fraction of sp³-hybridized carbons (Fsp3) is 0.585. The molecule has 1 aliphatic rings. The first-order valence-corrected chi connectivity index (χ1v) is 41.2. The summed E-state index contributed by atoms with van der Waals surface area (Å²) in [6.45, 7) is 23.7. The Kier molecular flexibility index (Phi) is 62.5. The summed E-state index contributed by atoms with van der Waals surface area (Å²) in [5, 5.41) is 43.3. The molecule has 1 aliphatic heterocycles. The Hall–Kier alpha value is -3.33. The molecule has 24 nitrogen and oxygen atoms in total. The fourth-order valence-electron chi connectivity index (χ4n) is 7.70. The van der Waals surface area contributed by atoms with Crippen LogP contribution in [0, 0.1) is 9.54 Å². The minimum atomic E-state index is -0.479. The molecule has 0 radical (unpaired) electrons. The Morgan fingerprint density at radius 3 is 0.902 bits per heavy atom. The molecule has 8 aromatic rings. The highest BCUT2D eigenvalue weighted by Crippen LogP contribution is 2.24. The highest BCUT2D eigenvalue weighted by Gasteiger charge is 2.15. The lowest BCUT2D eigenvalue weighted by Crippen LogP contribution is -2.02. The van der Waals surface area contributed by atoms with Gasteiger partial charge >= 0.3 is 0 Å². The Bertz CT molecular complexity index is 3350. The second-order valence-corrected chi connectivity index (χ2v) is 31.0. The summed E-state index contributed by atoms with van der Waals surface area (Å²) in [5.74, 6) is 4.82. The van der Waals surface area contributed by atoms with Crippen molar-refractivity contribution in [1.82, 2.24) is 76.4 Å². The zero-order valence-electron chi connectivity index (χ0n) is 60.8. The van der Waals surface area contributed by atoms with Gasteiger partial charge in [0.2, 0.25) is 0 Å². The maximum absolute atomic E-state index is 11.0. The van der Waals surface area contributed by atoms with Gasteiger partial charge in [-0.05, 0) is 88.0 Å². The molecule has 9 heterocycles. The van der Waals surface area contributed by atoms with Crippen LogP contribution in [0.25, 0.3) is 0 Å². The van der Waals surface area contributed by atoms with Crippen LogP contribution >= 0.6 is 157 Å². The van der Waals surface area contributed by atoms with Crippen molar-refractivity contribution in [2.24, 2.45) is 56.4 Å². The number of thioether (sulfide) groups is 6. The van der Waals surface area contributed by atoms with Crippen molar-refractivity contribution in [2.45, 2.75) is 166 Å². The van der Waals surface area contributed by atoms with Gasteiger partial charge in [0.1, 0.15) is 17.1 Å². The van der Waals surface area contributed by atoms with Crippen LogP contribution in [0.15, 0.2) is 86.7 Å². The number of aryl methyl sites for hydroxylation is 1. The summed E-state index contributed by atoms with van der Waals surface area (Å²) >= 11 is 43.1. The summed E-state index contributed by atoms with van der Waals surface area (Å²) in [6, 6.07) is 0. The number of aliphatic hydroxyl groups is 4. The number of aliphatic hydroxyl groups excluding tert-OH is 4. The van der Waals surface area contributed by atoms with E-state index in [0.717, 1.165) is 101 Å². The summed E-state index contributed by atoms with van der Waals surface area (Å²) in [5.41, 5.74) is 5.31. The Morgan fingerprint density at radius 2 is 0.745 bits per heavy atom. The highest BCUT2D eigenvalue weighted by molar-refractivity contribution is 9.09. The molecule has 102 heavy (non-hydrogen) atoms. The van der Waals surface area contributed by atoms with Gasteiger partial charge in [-0.1, -0.05) is 136 Å². The molecular formula is C65H111BrCl4N16O8S8. The van der Waals surface area contributed by atoms with E-state index in [4.69, 9.17) is 80.7 Å². The number of ketones is 3. The molecule has 0 spiro atoms. The first-order chi connectivity index (χ1) is 47.2. The molecule has 37 heteroatoms. The zero-order valence-corrected chi connectivity index (χ0v) is 72.0. The van der Waals surface area contributed by atoms with Crippen molar-refractivity contribution in [3.63, 3.8) is 0 Å². The fourth-order valence-corrected chi connectivity index (χ4v) is 12.3. The Morgan fingerprint density at radius 1 is 0.480 bits per heavy atom. The average Bonchev–Trinajstić information content (AvgIpc) is 1.77. The van der Waals surface area contributed by atoms with Gasteiger partial charge in [0.05, 0.1) is 99.6 Å². The number of H-pyrrole nitrogens is 2. The predicted octanol–water partition coefficient (Wildman–Crippen LogP) is 17.4. The minimum Gasteiger partial charge on any atom is -0.387 e. The van der Waals surface area contributed by atoms with E-state index in [1.807, 2.05) is 96.1 Å². The SMILES string of the molecule is C.C.C1CCOC1.CC(=O)c1cnc(SCCl)n1C.CC(O)c1c[nH]c(=S)n1C.CC(O)c1cnc(SCCl)n1C.CCCl.CCSc1ncc(C(C)=O)n1C.CCSc1ncc(C(C)=O)n1C.CCSc1ncc(C(C)O)n1C.CCSc1ncc(C(C)O)n1C.ClCBr.Cn1cc[nH]c1=S. The molecule has 9 rings (SSSR count). The average molecular weight is 1720 g/mol. The number of hydrogen-bond acceptors (Lipinski definition) is 22. The van der Waals surface area contributed by atoms with Gasteiger partial charge in [-0.15, -0.1) is 46.4 Å². The Labute approximate surface area is 669 Å². The first-order valence-electron chi connectivity index (χ1n) is 31.2. The molecule has 1 saturated heterocycles. The molecule has 4 atom stereocenters. The molecule has 0 aliphatic carbocycles. The quantitative estimate of drug-likeness (QED) is 0.0190. The maximum Gasteiger partial charge on any atom is 0.177 e. The predicted molar refractivity (Wildman–Crippen MR) is 441 cm³/mol. The van der Waals surface area contributed by atoms with Gasteiger partial charge in [0.15, 0.2) is 57.8 Å². The lowest BCUT2D eigenvalue weighted by molar-refractivity contribution is 0.0996. The number of hydrogen-bond donors (Lipinski definition) is 6. The molecule has 0 saturated carbocycles. The van der Waals surface area contributed by atoms with E-state index >= 15 is 0 Å². The zero-order chi connectivity index (χ0) is 76.8. The van der Waals surface area contributed by atoms with Crippen molar-refractivity contribution in [3.8, 4) is 0 Å². The largest absolute Gasteiger partial charge is 0.387 e. The molecule has 0 amide bonds. The van der Waals surface area contributed by atoms with Crippen LogP contribution in [0.3, 0.4) is 0 Å². The molecule has 0 aromatic carbocycles. The number of imidazole rings is 8. The summed E-state index contributed by atoms with van der Waals surface area (Å²) in [6.07, 6.45) is 16.1. The van der Waals surface area contributed by atoms with Crippen molar-refractivity contribution >= 4 is 175 Å². The molecule has 0 bridgehead atoms. The summed E-state index contributed by atoms with van der Waals surface area (Å²) < 4.78 is 21.0. The lowest BCUT2D eigenvalue weighted by atomic mass is 10.3. The number of rotatable bonds is 19. The topological polar surface area (TPSA) is 290 Å². The number of alkyl halides is 5. The molecule has 1 fully saturated rings. The third-order valence-corrected chi connectivity index (χ3v) is 19.4. The second-order valence-electron chi connectivity index (χ2n) is 20.3. The smallest absolute Gasteiger partial charge is 0.177 e. The molecule has 4 unspecified atom stereocenters. The van der Waals surface area contributed by atoms with Crippen molar-refractivity contribution in [1.29, 1.82) is 0 Å². The third-order valence-electron chi connectivity index (χ3n) is 12.7. The highest BCUT2D eigenvalue weighted by atomic mass is 79.9. The lowest BCUT2D eigenvalue weighted by Gasteiger charge is -2.06. The number of nitrogens with zero attached hydrogens (tertiary/aromatic N) is 14. The number of aromatic amines is 2. The van der Waals surface area contributed by atoms with E-state index in [9.17, 15) is 29.7 Å². The number of ether oxygens (including phenoxy) is 1. The number of nitrogens with one attached hydrogen (secondary N) is 2. The Balaban J connectivity index is -0.000000526. The number of halogens is 5. The van der Waals surface area contributed by atoms with Crippen molar-refractivity contribution in [2.75, 3.05) is 57.3 Å². The number of aromatic nitrogens is 16. The van der Waals surface area contributed by atoms with Gasteiger partial charge < -0.3 is 71.7 Å². The standard InChI is InChI=1S/2C8H14N2OS.2C8H12N2OS.C7H11ClN2OS.C7H9ClN2OS.C6H10N2OS.C4H6N2S.C4H8O.C2H5Cl.CH2BrCl.2CH4/c4*1-4-12-8-9-5-7(6(2)11)10(8)3;2*1-5(11)6-3-9-7(10(6)2)12-4-8;1-4(9)5-3-7-6(10)8(5)2;1-6-3-2-5-4(6)7;1-2-4-5-3-1;1-2-3;2-1-3;;/h2*5-6,11H,4H2,1-3H3;2*5H,4H2,1-3H3;3,5,11H,4H2,1-2H3;3H,4H2,1-2H3;3-4,9H,1-2H3,(H,7,10);2-3H,1H3,(H,5,7);1-4H2;2H2,1H3;1H2;2*1H4. The number of carbonyl (C=O) groups excluding carboxylic acids is 3. The van der Waals surface area contributed by atoms with E-state index in [1.54, 1.807) is 148 Å². The van der Waals surface area contributed by atoms with Gasteiger partial charge in [0, 0.05) is 115 Å². The number of Topliss-reactive ketones (excluding diaryl/α,β-unsaturated/α-hetero) is 3. The molecule has 6 N–H and O–H groups in total. The van der Waals surface area contributed by atoms with Gasteiger partial charge in [-0.3, -0.25) is 14.4 Å². The van der Waals surface area contributed by atoms with E-state index in [1.165, 1.54) is 43.3 Å². The van der Waals surface area contributed by atoms with Crippen LogP contribution in [0.1, 0.15) is 189 Å². The van der Waals surface area contributed by atoms with Gasteiger partial charge in [-0.2, -0.15) is 0 Å². The first kappa shape index (κ1) is 105. The van der Waals surface area contributed by atoms with Gasteiger partial charge in [0.25, 0.3) is 0 Å². The second kappa shape index (κ2) is 60.7. The van der Waals surface area contributed by atoms with E-state index in [-0.39, 0.29) is 32.2 Å². The van der Waals surface area contributed by atoms with E-state index < -0.39 is 24.4 Å². The van der Waals surface area contributed by atoms with E-state index in [0.29, 0.717) is 37.1 Å². The third kappa shape index (κ3) is 40.0. The van der Waals surface area contributed by atoms with Crippen LogP contribution in [0.4, 0.5) is 0 Å².